The highest BCUT2D eigenvalue weighted by Gasteiger charge is 2.41. The minimum atomic E-state index is -0.632. The standard InChI is InChI=1S/C17H25BrFNO/c1-11(2)12-5-7-17(10-20,8-6-12)16(21)13-3-4-15(19)14(18)9-13/h3-4,9,11-12,16,21H,5-8,10,20H2,1-2H3. The van der Waals surface area contributed by atoms with Gasteiger partial charge in [-0.1, -0.05) is 19.9 Å². The summed E-state index contributed by atoms with van der Waals surface area (Å²) in [6.45, 7) is 4.98. The lowest BCUT2D eigenvalue weighted by molar-refractivity contribution is -0.0149. The van der Waals surface area contributed by atoms with E-state index in [4.69, 9.17) is 5.73 Å². The highest BCUT2D eigenvalue weighted by atomic mass is 79.9. The summed E-state index contributed by atoms with van der Waals surface area (Å²) in [5.41, 5.74) is 6.49. The van der Waals surface area contributed by atoms with Crippen molar-refractivity contribution in [3.63, 3.8) is 0 Å². The van der Waals surface area contributed by atoms with Gasteiger partial charge in [0.25, 0.3) is 0 Å². The first kappa shape index (κ1) is 16.9. The van der Waals surface area contributed by atoms with Gasteiger partial charge in [-0.2, -0.15) is 0 Å². The van der Waals surface area contributed by atoms with Gasteiger partial charge in [-0.3, -0.25) is 0 Å². The molecule has 1 aromatic carbocycles. The maximum Gasteiger partial charge on any atom is 0.137 e. The fourth-order valence-electron chi connectivity index (χ4n) is 3.51. The normalized spacial score (nSPS) is 27.9. The molecule has 1 fully saturated rings. The molecule has 1 aliphatic rings. The highest BCUT2D eigenvalue weighted by molar-refractivity contribution is 9.10. The summed E-state index contributed by atoms with van der Waals surface area (Å²) >= 11 is 3.19. The average molecular weight is 358 g/mol. The van der Waals surface area contributed by atoms with Gasteiger partial charge in [0.05, 0.1) is 10.6 Å². The first-order chi connectivity index (χ1) is 9.89. The quantitative estimate of drug-likeness (QED) is 0.837. The lowest BCUT2D eigenvalue weighted by Crippen LogP contribution is -2.40. The molecule has 21 heavy (non-hydrogen) atoms. The van der Waals surface area contributed by atoms with E-state index in [-0.39, 0.29) is 11.2 Å². The number of hydrogen-bond acceptors (Lipinski definition) is 2. The molecule has 1 saturated carbocycles. The molecule has 118 valence electrons. The maximum absolute atomic E-state index is 13.4. The molecular formula is C17H25BrFNO. The van der Waals surface area contributed by atoms with E-state index < -0.39 is 6.10 Å². The third kappa shape index (κ3) is 3.49. The number of nitrogens with two attached hydrogens (primary N) is 1. The lowest BCUT2D eigenvalue weighted by Gasteiger charge is -2.44. The molecule has 0 aliphatic heterocycles. The molecule has 0 spiro atoms. The predicted molar refractivity (Wildman–Crippen MR) is 87.3 cm³/mol. The lowest BCUT2D eigenvalue weighted by atomic mass is 9.64. The summed E-state index contributed by atoms with van der Waals surface area (Å²) < 4.78 is 13.8. The maximum atomic E-state index is 13.4. The van der Waals surface area contributed by atoms with Crippen LogP contribution in [-0.2, 0) is 0 Å². The Morgan fingerprint density at radius 2 is 2.00 bits per heavy atom. The molecule has 1 aliphatic carbocycles. The molecule has 1 aromatic rings. The van der Waals surface area contributed by atoms with Crippen LogP contribution in [-0.4, -0.2) is 11.7 Å². The Labute approximate surface area is 135 Å². The zero-order valence-corrected chi connectivity index (χ0v) is 14.4. The van der Waals surface area contributed by atoms with E-state index in [1.165, 1.54) is 6.07 Å². The molecule has 0 aromatic heterocycles. The first-order valence-electron chi connectivity index (χ1n) is 7.72. The van der Waals surface area contributed by atoms with E-state index >= 15 is 0 Å². The average Bonchev–Trinajstić information content (AvgIpc) is 2.49. The molecule has 4 heteroatoms. The van der Waals surface area contributed by atoms with Gasteiger partial charge in [-0.25, -0.2) is 4.39 Å². The smallest absolute Gasteiger partial charge is 0.137 e. The third-order valence-electron chi connectivity index (χ3n) is 5.21. The highest BCUT2D eigenvalue weighted by Crippen LogP contribution is 2.48. The monoisotopic (exact) mass is 357 g/mol. The van der Waals surface area contributed by atoms with Gasteiger partial charge in [0.2, 0.25) is 0 Å². The molecule has 0 saturated heterocycles. The predicted octanol–water partition coefficient (Wildman–Crippen LogP) is 4.41. The van der Waals surface area contributed by atoms with Crippen molar-refractivity contribution in [3.05, 3.63) is 34.1 Å². The van der Waals surface area contributed by atoms with Crippen molar-refractivity contribution in [3.8, 4) is 0 Å². The molecular weight excluding hydrogens is 333 g/mol. The van der Waals surface area contributed by atoms with E-state index in [2.05, 4.69) is 29.8 Å². The molecule has 2 rings (SSSR count). The van der Waals surface area contributed by atoms with Crippen molar-refractivity contribution in [1.82, 2.24) is 0 Å². The van der Waals surface area contributed by atoms with Crippen molar-refractivity contribution in [2.24, 2.45) is 23.0 Å². The largest absolute Gasteiger partial charge is 0.388 e. The summed E-state index contributed by atoms with van der Waals surface area (Å²) in [5, 5.41) is 10.8. The zero-order valence-electron chi connectivity index (χ0n) is 12.8. The van der Waals surface area contributed by atoms with Crippen LogP contribution in [0.1, 0.15) is 51.2 Å². The Morgan fingerprint density at radius 1 is 1.38 bits per heavy atom. The van der Waals surface area contributed by atoms with Crippen molar-refractivity contribution in [1.29, 1.82) is 0 Å². The second-order valence-electron chi connectivity index (χ2n) is 6.72. The van der Waals surface area contributed by atoms with Crippen LogP contribution < -0.4 is 5.73 Å². The van der Waals surface area contributed by atoms with Gasteiger partial charge in [0.1, 0.15) is 5.82 Å². The molecule has 0 heterocycles. The van der Waals surface area contributed by atoms with Crippen LogP contribution in [0.4, 0.5) is 4.39 Å². The molecule has 2 nitrogen and oxygen atoms in total. The Hall–Kier alpha value is -0.450. The topological polar surface area (TPSA) is 46.2 Å². The van der Waals surface area contributed by atoms with Crippen molar-refractivity contribution >= 4 is 15.9 Å². The Balaban J connectivity index is 2.18. The molecule has 0 amide bonds. The van der Waals surface area contributed by atoms with Gasteiger partial charge >= 0.3 is 0 Å². The summed E-state index contributed by atoms with van der Waals surface area (Å²) in [7, 11) is 0. The molecule has 0 radical (unpaired) electrons. The Bertz CT molecular complexity index is 484. The summed E-state index contributed by atoms with van der Waals surface area (Å²) in [5.74, 6) is 1.09. The van der Waals surface area contributed by atoms with Crippen molar-refractivity contribution in [2.45, 2.75) is 45.6 Å². The van der Waals surface area contributed by atoms with Crippen LogP contribution in [0.5, 0.6) is 0 Å². The molecule has 1 atom stereocenters. The van der Waals surface area contributed by atoms with Gasteiger partial charge in [-0.05, 0) is 71.1 Å². The molecule has 3 N–H and O–H groups in total. The minimum Gasteiger partial charge on any atom is -0.388 e. The van der Waals surface area contributed by atoms with Crippen LogP contribution in [0, 0.1) is 23.1 Å². The van der Waals surface area contributed by atoms with Crippen LogP contribution in [0.15, 0.2) is 22.7 Å². The molecule has 1 unspecified atom stereocenters. The van der Waals surface area contributed by atoms with Gasteiger partial charge in [0.15, 0.2) is 0 Å². The number of benzene rings is 1. The minimum absolute atomic E-state index is 0.275. The number of aliphatic hydroxyl groups is 1. The third-order valence-corrected chi connectivity index (χ3v) is 5.82. The first-order valence-corrected chi connectivity index (χ1v) is 8.52. The van der Waals surface area contributed by atoms with E-state index in [0.29, 0.717) is 16.9 Å². The van der Waals surface area contributed by atoms with Gasteiger partial charge in [0, 0.05) is 12.0 Å². The Kier molecular flexibility index (Phi) is 5.44. The number of halogens is 2. The van der Waals surface area contributed by atoms with E-state index in [0.717, 1.165) is 37.2 Å². The number of aliphatic hydroxyl groups excluding tert-OH is 1. The van der Waals surface area contributed by atoms with E-state index in [1.54, 1.807) is 12.1 Å². The van der Waals surface area contributed by atoms with Crippen LogP contribution in [0.2, 0.25) is 0 Å². The molecule has 0 bridgehead atoms. The summed E-state index contributed by atoms with van der Waals surface area (Å²) in [6.07, 6.45) is 3.45. The van der Waals surface area contributed by atoms with Gasteiger partial charge in [-0.15, -0.1) is 0 Å². The fourth-order valence-corrected chi connectivity index (χ4v) is 3.90. The van der Waals surface area contributed by atoms with Crippen LogP contribution >= 0.6 is 15.9 Å². The van der Waals surface area contributed by atoms with Gasteiger partial charge < -0.3 is 10.8 Å². The zero-order chi connectivity index (χ0) is 15.6. The van der Waals surface area contributed by atoms with Crippen LogP contribution in [0.25, 0.3) is 0 Å². The van der Waals surface area contributed by atoms with Crippen LogP contribution in [0.3, 0.4) is 0 Å². The SMILES string of the molecule is CC(C)C1CCC(CN)(C(O)c2ccc(F)c(Br)c2)CC1. The van der Waals surface area contributed by atoms with E-state index in [1.807, 2.05) is 0 Å². The summed E-state index contributed by atoms with van der Waals surface area (Å²) in [4.78, 5) is 0. The Morgan fingerprint density at radius 3 is 2.48 bits per heavy atom. The number of rotatable bonds is 4. The van der Waals surface area contributed by atoms with E-state index in [9.17, 15) is 9.50 Å². The van der Waals surface area contributed by atoms with Crippen molar-refractivity contribution in [2.75, 3.05) is 6.54 Å². The summed E-state index contributed by atoms with van der Waals surface area (Å²) in [6, 6.07) is 4.73. The number of hydrogen-bond donors (Lipinski definition) is 2. The second-order valence-corrected chi connectivity index (χ2v) is 7.58. The van der Waals surface area contributed by atoms with Crippen molar-refractivity contribution < 1.29 is 9.50 Å². The second kappa shape index (κ2) is 6.76. The fraction of sp³-hybridized carbons (Fsp3) is 0.647.